The van der Waals surface area contributed by atoms with E-state index in [-0.39, 0.29) is 11.6 Å². The Morgan fingerprint density at radius 3 is 2.68 bits per heavy atom. The number of piperidine rings is 1. The summed E-state index contributed by atoms with van der Waals surface area (Å²) in [6, 6.07) is -0.172. The van der Waals surface area contributed by atoms with Crippen LogP contribution in [0.25, 0.3) is 0 Å². The monoisotopic (exact) mass is 270 g/mol. The van der Waals surface area contributed by atoms with Crippen molar-refractivity contribution in [3.8, 4) is 0 Å². The zero-order chi connectivity index (χ0) is 13.9. The van der Waals surface area contributed by atoms with E-state index in [9.17, 15) is 9.59 Å². The van der Waals surface area contributed by atoms with Crippen molar-refractivity contribution in [2.24, 2.45) is 5.92 Å². The van der Waals surface area contributed by atoms with Crippen molar-refractivity contribution < 1.29 is 19.4 Å². The number of aliphatic carboxylic acids is 1. The second-order valence-electron chi connectivity index (χ2n) is 5.52. The summed E-state index contributed by atoms with van der Waals surface area (Å²) >= 11 is 0. The number of carbonyl (C=O) groups excluding carboxylic acids is 1. The molecule has 0 aromatic carbocycles. The molecule has 2 aliphatic rings. The van der Waals surface area contributed by atoms with E-state index in [1.54, 1.807) is 12.0 Å². The maximum atomic E-state index is 12.0. The molecule has 2 rings (SSSR count). The maximum absolute atomic E-state index is 12.0. The molecule has 1 atom stereocenters. The summed E-state index contributed by atoms with van der Waals surface area (Å²) in [5.74, 6) is -1.25. The lowest BCUT2D eigenvalue weighted by atomic mass is 9.80. The van der Waals surface area contributed by atoms with Crippen molar-refractivity contribution in [1.29, 1.82) is 0 Å². The second kappa shape index (κ2) is 5.77. The molecule has 19 heavy (non-hydrogen) atoms. The highest BCUT2D eigenvalue weighted by atomic mass is 16.5. The van der Waals surface area contributed by atoms with Crippen LogP contribution in [0.4, 0.5) is 4.79 Å². The van der Waals surface area contributed by atoms with Crippen LogP contribution in [-0.4, -0.2) is 54.4 Å². The maximum Gasteiger partial charge on any atom is 0.317 e. The first-order valence-corrected chi connectivity index (χ1v) is 6.87. The average molecular weight is 270 g/mol. The Morgan fingerprint density at radius 1 is 1.42 bits per heavy atom. The first-order chi connectivity index (χ1) is 9.06. The number of nitrogens with zero attached hydrogens (tertiary/aromatic N) is 1. The minimum atomic E-state index is -0.815. The number of ether oxygens (including phenoxy) is 1. The van der Waals surface area contributed by atoms with E-state index in [1.807, 2.05) is 0 Å². The third-order valence-corrected chi connectivity index (χ3v) is 4.32. The molecule has 6 nitrogen and oxygen atoms in total. The van der Waals surface area contributed by atoms with E-state index in [2.05, 4.69) is 5.32 Å². The van der Waals surface area contributed by atoms with E-state index < -0.39 is 11.9 Å². The molecule has 108 valence electrons. The van der Waals surface area contributed by atoms with Gasteiger partial charge in [-0.1, -0.05) is 0 Å². The number of hydrogen-bond donors (Lipinski definition) is 2. The Kier molecular flexibility index (Phi) is 4.29. The average Bonchev–Trinajstić information content (AvgIpc) is 2.38. The van der Waals surface area contributed by atoms with Gasteiger partial charge in [0.25, 0.3) is 0 Å². The van der Waals surface area contributed by atoms with Gasteiger partial charge in [-0.15, -0.1) is 0 Å². The lowest BCUT2D eigenvalue weighted by Crippen LogP contribution is -2.53. The normalized spacial score (nSPS) is 25.5. The van der Waals surface area contributed by atoms with E-state index in [1.165, 1.54) is 0 Å². The molecule has 0 spiro atoms. The van der Waals surface area contributed by atoms with Crippen LogP contribution >= 0.6 is 0 Å². The Bertz CT molecular complexity index is 349. The Balaban J connectivity index is 1.81. The van der Waals surface area contributed by atoms with Gasteiger partial charge in [-0.3, -0.25) is 4.79 Å². The van der Waals surface area contributed by atoms with E-state index in [4.69, 9.17) is 9.84 Å². The summed E-state index contributed by atoms with van der Waals surface area (Å²) in [5, 5.41) is 11.9. The molecule has 2 N–H and O–H groups in total. The summed E-state index contributed by atoms with van der Waals surface area (Å²) in [4.78, 5) is 24.6. The summed E-state index contributed by atoms with van der Waals surface area (Å²) in [7, 11) is 1.67. The van der Waals surface area contributed by atoms with Gasteiger partial charge in [-0.2, -0.15) is 0 Å². The van der Waals surface area contributed by atoms with Crippen LogP contribution in [0.1, 0.15) is 32.1 Å². The fourth-order valence-electron chi connectivity index (χ4n) is 2.74. The highest BCUT2D eigenvalue weighted by Crippen LogP contribution is 2.34. The number of hydrogen-bond acceptors (Lipinski definition) is 3. The van der Waals surface area contributed by atoms with Gasteiger partial charge in [0.2, 0.25) is 0 Å². The van der Waals surface area contributed by atoms with E-state index in [0.29, 0.717) is 26.1 Å². The van der Waals surface area contributed by atoms with Crippen molar-refractivity contribution in [1.82, 2.24) is 10.2 Å². The van der Waals surface area contributed by atoms with Gasteiger partial charge in [0.1, 0.15) is 0 Å². The highest BCUT2D eigenvalue weighted by molar-refractivity contribution is 5.76. The molecule has 0 aromatic heterocycles. The Morgan fingerprint density at radius 2 is 2.16 bits per heavy atom. The van der Waals surface area contributed by atoms with Crippen LogP contribution < -0.4 is 5.32 Å². The van der Waals surface area contributed by atoms with Crippen molar-refractivity contribution in [3.05, 3.63) is 0 Å². The van der Waals surface area contributed by atoms with Crippen LogP contribution in [0.3, 0.4) is 0 Å². The molecule has 1 aliphatic carbocycles. The van der Waals surface area contributed by atoms with Gasteiger partial charge in [0, 0.05) is 26.7 Å². The van der Waals surface area contributed by atoms with Crippen molar-refractivity contribution in [2.45, 2.75) is 37.7 Å². The van der Waals surface area contributed by atoms with Crippen molar-refractivity contribution in [2.75, 3.05) is 26.7 Å². The molecular weight excluding hydrogens is 248 g/mol. The molecule has 1 saturated heterocycles. The number of carboxylic acids is 1. The largest absolute Gasteiger partial charge is 0.481 e. The Hall–Kier alpha value is -1.30. The van der Waals surface area contributed by atoms with Crippen molar-refractivity contribution >= 4 is 12.0 Å². The fourth-order valence-corrected chi connectivity index (χ4v) is 2.74. The van der Waals surface area contributed by atoms with Crippen LogP contribution in [0, 0.1) is 5.92 Å². The number of likely N-dealkylation sites (tertiary alicyclic amines) is 1. The van der Waals surface area contributed by atoms with Crippen LogP contribution in [0.15, 0.2) is 0 Å². The van der Waals surface area contributed by atoms with Gasteiger partial charge in [-0.05, 0) is 32.1 Å². The predicted molar refractivity (Wildman–Crippen MR) is 68.9 cm³/mol. The van der Waals surface area contributed by atoms with Gasteiger partial charge >= 0.3 is 12.0 Å². The van der Waals surface area contributed by atoms with Crippen LogP contribution in [-0.2, 0) is 9.53 Å². The molecule has 2 fully saturated rings. The first-order valence-electron chi connectivity index (χ1n) is 6.87. The van der Waals surface area contributed by atoms with Crippen LogP contribution in [0.2, 0.25) is 0 Å². The molecule has 0 radical (unpaired) electrons. The number of carbonyl (C=O) groups is 2. The third kappa shape index (κ3) is 3.18. The number of nitrogens with one attached hydrogen (secondary N) is 1. The lowest BCUT2D eigenvalue weighted by Gasteiger charge is -2.41. The van der Waals surface area contributed by atoms with Crippen LogP contribution in [0.5, 0.6) is 0 Å². The number of amides is 2. The molecule has 2 amide bonds. The molecule has 6 heteroatoms. The first kappa shape index (κ1) is 14.1. The number of rotatable bonds is 4. The number of carboxylic acid groups (broad SMARTS) is 1. The predicted octanol–water partition coefficient (Wildman–Crippen LogP) is 1.06. The van der Waals surface area contributed by atoms with Crippen molar-refractivity contribution in [3.63, 3.8) is 0 Å². The molecule has 1 unspecified atom stereocenters. The standard InChI is InChI=1S/C13H22N2O4/c1-19-13(5-3-6-13)9-14-12(18)15-7-2-4-10(8-15)11(16)17/h10H,2-9H2,1H3,(H,14,18)(H,16,17). The second-order valence-corrected chi connectivity index (χ2v) is 5.52. The molecule has 0 aromatic rings. The van der Waals surface area contributed by atoms with Gasteiger partial charge in [0.05, 0.1) is 11.5 Å². The topological polar surface area (TPSA) is 78.9 Å². The minimum absolute atomic E-state index is 0.172. The summed E-state index contributed by atoms with van der Waals surface area (Å²) in [6.45, 7) is 1.45. The Labute approximate surface area is 113 Å². The fraction of sp³-hybridized carbons (Fsp3) is 0.846. The molecule has 0 bridgehead atoms. The molecular formula is C13H22N2O4. The molecule has 1 heterocycles. The van der Waals surface area contributed by atoms with E-state index in [0.717, 1.165) is 25.7 Å². The number of methoxy groups -OCH3 is 1. The highest BCUT2D eigenvalue weighted by Gasteiger charge is 2.38. The van der Waals surface area contributed by atoms with Gasteiger partial charge in [-0.25, -0.2) is 4.79 Å². The van der Waals surface area contributed by atoms with E-state index >= 15 is 0 Å². The van der Waals surface area contributed by atoms with Gasteiger partial charge in [0.15, 0.2) is 0 Å². The molecule has 1 aliphatic heterocycles. The zero-order valence-corrected chi connectivity index (χ0v) is 11.4. The summed E-state index contributed by atoms with van der Waals surface area (Å²) in [6.07, 6.45) is 4.48. The minimum Gasteiger partial charge on any atom is -0.481 e. The van der Waals surface area contributed by atoms with Gasteiger partial charge < -0.3 is 20.1 Å². The molecule has 1 saturated carbocycles. The lowest BCUT2D eigenvalue weighted by molar-refractivity contribution is -0.143. The SMILES string of the molecule is COC1(CNC(=O)N2CCCC(C(=O)O)C2)CCC1. The quantitative estimate of drug-likeness (QED) is 0.800. The third-order valence-electron chi connectivity index (χ3n) is 4.32. The smallest absolute Gasteiger partial charge is 0.317 e. The zero-order valence-electron chi connectivity index (χ0n) is 11.4. The summed E-state index contributed by atoms with van der Waals surface area (Å²) in [5.41, 5.74) is -0.197. The summed E-state index contributed by atoms with van der Waals surface area (Å²) < 4.78 is 5.44. The number of urea groups is 1.